The number of rotatable bonds is 5. The van der Waals surface area contributed by atoms with Crippen LogP contribution in [0.15, 0.2) is 52.5 Å². The van der Waals surface area contributed by atoms with E-state index in [1.54, 1.807) is 17.7 Å². The third-order valence-electron chi connectivity index (χ3n) is 4.49. The number of carbonyl (C=O) groups excluding carboxylic acids is 1. The molecule has 6 nitrogen and oxygen atoms in total. The highest BCUT2D eigenvalue weighted by molar-refractivity contribution is 7.13. The zero-order chi connectivity index (χ0) is 17.5. The van der Waals surface area contributed by atoms with Gasteiger partial charge in [0, 0.05) is 11.9 Å². The number of thiazole rings is 1. The van der Waals surface area contributed by atoms with E-state index in [-0.39, 0.29) is 5.91 Å². The molecule has 26 heavy (non-hydrogen) atoms. The number of imidazole rings is 1. The Bertz CT molecular complexity index is 1080. The minimum absolute atomic E-state index is 0.258. The van der Waals surface area contributed by atoms with Gasteiger partial charge in [-0.25, -0.2) is 9.97 Å². The first kappa shape index (κ1) is 15.3. The van der Waals surface area contributed by atoms with Gasteiger partial charge in [0.2, 0.25) is 5.95 Å². The highest BCUT2D eigenvalue weighted by Crippen LogP contribution is 2.33. The molecule has 1 saturated carbocycles. The largest absolute Gasteiger partial charge is 0.462 e. The smallest absolute Gasteiger partial charge is 0.277 e. The van der Waals surface area contributed by atoms with Crippen LogP contribution in [0.2, 0.25) is 0 Å². The van der Waals surface area contributed by atoms with Gasteiger partial charge in [-0.3, -0.25) is 10.1 Å². The van der Waals surface area contributed by atoms with Gasteiger partial charge in [0.15, 0.2) is 10.8 Å². The first-order valence-electron chi connectivity index (χ1n) is 8.54. The lowest BCUT2D eigenvalue weighted by molar-refractivity contribution is 0.102. The Morgan fingerprint density at radius 1 is 1.23 bits per heavy atom. The van der Waals surface area contributed by atoms with Crippen LogP contribution in [0.4, 0.5) is 5.95 Å². The molecule has 4 aromatic rings. The van der Waals surface area contributed by atoms with Crippen LogP contribution in [-0.2, 0) is 6.54 Å². The fourth-order valence-corrected chi connectivity index (χ4v) is 3.74. The summed E-state index contributed by atoms with van der Waals surface area (Å²) in [5.74, 6) is 1.66. The molecule has 1 amide bonds. The van der Waals surface area contributed by atoms with E-state index in [1.807, 2.05) is 30.3 Å². The van der Waals surface area contributed by atoms with Crippen molar-refractivity contribution in [3.8, 4) is 10.8 Å². The number of nitrogens with zero attached hydrogens (tertiary/aromatic N) is 3. The quantitative estimate of drug-likeness (QED) is 0.569. The van der Waals surface area contributed by atoms with Crippen LogP contribution >= 0.6 is 11.3 Å². The summed E-state index contributed by atoms with van der Waals surface area (Å²) in [6.07, 6.45) is 4.06. The molecule has 0 saturated heterocycles. The van der Waals surface area contributed by atoms with E-state index >= 15 is 0 Å². The molecule has 1 aliphatic carbocycles. The number of anilines is 1. The minimum Gasteiger partial charge on any atom is -0.462 e. The molecule has 0 spiro atoms. The predicted octanol–water partition coefficient (Wildman–Crippen LogP) is 4.42. The second-order valence-electron chi connectivity index (χ2n) is 6.45. The Kier molecular flexibility index (Phi) is 3.60. The standard InChI is InChI=1S/C19H16N4O2S/c24-17(14-11-26-18(20-14)16-6-3-9-25-16)22-19-21-13-4-1-2-5-15(13)23(19)10-12-7-8-12/h1-6,9,11-12H,7-8,10H2,(H,21,22,24). The Morgan fingerprint density at radius 2 is 2.12 bits per heavy atom. The molecule has 7 heteroatoms. The number of amides is 1. The summed E-state index contributed by atoms with van der Waals surface area (Å²) in [6.45, 7) is 0.880. The molecule has 0 aliphatic heterocycles. The lowest BCUT2D eigenvalue weighted by atomic mass is 10.3. The van der Waals surface area contributed by atoms with E-state index in [2.05, 4.69) is 19.9 Å². The SMILES string of the molecule is O=C(Nc1nc2ccccc2n1CC1CC1)c1csc(-c2ccco2)n1. The number of para-hydroxylation sites is 2. The van der Waals surface area contributed by atoms with Crippen molar-refractivity contribution in [3.05, 3.63) is 53.7 Å². The molecule has 0 atom stereocenters. The maximum absolute atomic E-state index is 12.7. The first-order chi connectivity index (χ1) is 12.8. The van der Waals surface area contributed by atoms with Crippen LogP contribution in [0.3, 0.4) is 0 Å². The fourth-order valence-electron chi connectivity index (χ4n) is 2.97. The van der Waals surface area contributed by atoms with E-state index in [1.165, 1.54) is 24.2 Å². The number of aromatic nitrogens is 3. The van der Waals surface area contributed by atoms with E-state index in [4.69, 9.17) is 4.42 Å². The Balaban J connectivity index is 1.44. The van der Waals surface area contributed by atoms with Gasteiger partial charge >= 0.3 is 0 Å². The normalized spacial score (nSPS) is 14.0. The fraction of sp³-hybridized carbons (Fsp3) is 0.211. The summed E-state index contributed by atoms with van der Waals surface area (Å²) in [6, 6.07) is 11.6. The molecule has 0 radical (unpaired) electrons. The molecule has 0 unspecified atom stereocenters. The molecule has 0 bridgehead atoms. The molecule has 3 aromatic heterocycles. The van der Waals surface area contributed by atoms with Crippen LogP contribution in [0, 0.1) is 5.92 Å². The molecule has 130 valence electrons. The van der Waals surface area contributed by atoms with E-state index in [9.17, 15) is 4.79 Å². The van der Waals surface area contributed by atoms with Crippen molar-refractivity contribution in [1.82, 2.24) is 14.5 Å². The topological polar surface area (TPSA) is 73.0 Å². The number of benzene rings is 1. The molecule has 1 fully saturated rings. The highest BCUT2D eigenvalue weighted by Gasteiger charge is 2.25. The lowest BCUT2D eigenvalue weighted by Crippen LogP contribution is -2.17. The van der Waals surface area contributed by atoms with Crippen molar-refractivity contribution in [2.24, 2.45) is 5.92 Å². The monoisotopic (exact) mass is 364 g/mol. The summed E-state index contributed by atoms with van der Waals surface area (Å²) in [4.78, 5) is 21.7. The van der Waals surface area contributed by atoms with Crippen LogP contribution in [0.5, 0.6) is 0 Å². The molecule has 3 heterocycles. The number of furan rings is 1. The predicted molar refractivity (Wildman–Crippen MR) is 100 cm³/mol. The number of nitrogens with one attached hydrogen (secondary N) is 1. The summed E-state index contributed by atoms with van der Waals surface area (Å²) in [5, 5.41) is 5.36. The van der Waals surface area contributed by atoms with Gasteiger partial charge in [0.25, 0.3) is 5.91 Å². The van der Waals surface area contributed by atoms with Crippen molar-refractivity contribution in [3.63, 3.8) is 0 Å². The molecular formula is C19H16N4O2S. The van der Waals surface area contributed by atoms with E-state index in [0.29, 0.717) is 28.3 Å². The summed E-state index contributed by atoms with van der Waals surface area (Å²) in [5.41, 5.74) is 2.30. The van der Waals surface area contributed by atoms with Gasteiger partial charge in [-0.05, 0) is 43.0 Å². The number of hydrogen-bond donors (Lipinski definition) is 1. The molecule has 1 aromatic carbocycles. The second-order valence-corrected chi connectivity index (χ2v) is 7.31. The van der Waals surface area contributed by atoms with Crippen LogP contribution in [0.1, 0.15) is 23.3 Å². The van der Waals surface area contributed by atoms with Gasteiger partial charge in [-0.15, -0.1) is 11.3 Å². The van der Waals surface area contributed by atoms with Crippen LogP contribution in [-0.4, -0.2) is 20.4 Å². The summed E-state index contributed by atoms with van der Waals surface area (Å²) < 4.78 is 7.44. The maximum atomic E-state index is 12.7. The third kappa shape index (κ3) is 2.80. The van der Waals surface area contributed by atoms with Crippen LogP contribution in [0.25, 0.3) is 21.8 Å². The van der Waals surface area contributed by atoms with Gasteiger partial charge in [0.05, 0.1) is 17.3 Å². The average Bonchev–Trinajstić information content (AvgIpc) is 3.07. The van der Waals surface area contributed by atoms with Gasteiger partial charge in [0.1, 0.15) is 5.69 Å². The number of fused-ring (bicyclic) bond motifs is 1. The zero-order valence-electron chi connectivity index (χ0n) is 13.9. The molecule has 5 rings (SSSR count). The van der Waals surface area contributed by atoms with Crippen molar-refractivity contribution in [2.75, 3.05) is 5.32 Å². The number of carbonyl (C=O) groups is 1. The van der Waals surface area contributed by atoms with Crippen molar-refractivity contribution >= 4 is 34.2 Å². The lowest BCUT2D eigenvalue weighted by Gasteiger charge is -2.08. The Hall–Kier alpha value is -2.93. The Morgan fingerprint density at radius 3 is 2.92 bits per heavy atom. The zero-order valence-corrected chi connectivity index (χ0v) is 14.7. The van der Waals surface area contributed by atoms with E-state index < -0.39 is 0 Å². The van der Waals surface area contributed by atoms with Gasteiger partial charge in [-0.2, -0.15) is 0 Å². The minimum atomic E-state index is -0.258. The number of hydrogen-bond acceptors (Lipinski definition) is 5. The maximum Gasteiger partial charge on any atom is 0.277 e. The van der Waals surface area contributed by atoms with Crippen molar-refractivity contribution in [2.45, 2.75) is 19.4 Å². The molecule has 1 aliphatic rings. The van der Waals surface area contributed by atoms with Crippen molar-refractivity contribution in [1.29, 1.82) is 0 Å². The summed E-state index contributed by atoms with van der Waals surface area (Å²) in [7, 11) is 0. The van der Waals surface area contributed by atoms with Crippen LogP contribution < -0.4 is 5.32 Å². The molecular weight excluding hydrogens is 348 g/mol. The van der Waals surface area contributed by atoms with Gasteiger partial charge in [-0.1, -0.05) is 12.1 Å². The second kappa shape index (κ2) is 6.10. The molecule has 1 N–H and O–H groups in total. The Labute approximate surface area is 153 Å². The third-order valence-corrected chi connectivity index (χ3v) is 5.34. The average molecular weight is 364 g/mol. The summed E-state index contributed by atoms with van der Waals surface area (Å²) >= 11 is 1.38. The van der Waals surface area contributed by atoms with Crippen molar-refractivity contribution < 1.29 is 9.21 Å². The van der Waals surface area contributed by atoms with Gasteiger partial charge < -0.3 is 8.98 Å². The first-order valence-corrected chi connectivity index (χ1v) is 9.42. The highest BCUT2D eigenvalue weighted by atomic mass is 32.1. The van der Waals surface area contributed by atoms with E-state index in [0.717, 1.165) is 17.6 Å².